The van der Waals surface area contributed by atoms with Crippen LogP contribution in [0.15, 0.2) is 36.4 Å². The SMILES string of the molecule is CCC1(CC)CN(c2cc3ccccc3cc2C(=O)O)C1. The number of rotatable bonds is 4. The van der Waals surface area contributed by atoms with Crippen molar-refractivity contribution in [3.63, 3.8) is 0 Å². The Hall–Kier alpha value is -2.03. The number of benzene rings is 2. The molecule has 1 heterocycles. The Kier molecular flexibility index (Phi) is 3.36. The van der Waals surface area contributed by atoms with Crippen molar-refractivity contribution < 1.29 is 9.90 Å². The molecular formula is C18H21NO2. The lowest BCUT2D eigenvalue weighted by Crippen LogP contribution is -2.56. The summed E-state index contributed by atoms with van der Waals surface area (Å²) in [5.41, 5.74) is 1.63. The standard InChI is InChI=1S/C18H21NO2/c1-3-18(4-2)11-19(12-18)16-10-14-8-6-5-7-13(14)9-15(16)17(20)21/h5-10H,3-4,11-12H2,1-2H3,(H,20,21). The van der Waals surface area contributed by atoms with Gasteiger partial charge in [0, 0.05) is 18.5 Å². The zero-order chi connectivity index (χ0) is 15.0. The van der Waals surface area contributed by atoms with Gasteiger partial charge in [0.25, 0.3) is 0 Å². The largest absolute Gasteiger partial charge is 0.478 e. The fraction of sp³-hybridized carbons (Fsp3) is 0.389. The summed E-state index contributed by atoms with van der Waals surface area (Å²) in [7, 11) is 0. The van der Waals surface area contributed by atoms with E-state index in [1.807, 2.05) is 30.3 Å². The molecule has 3 rings (SSSR count). The number of hydrogen-bond donors (Lipinski definition) is 1. The highest BCUT2D eigenvalue weighted by molar-refractivity contribution is 6.01. The highest BCUT2D eigenvalue weighted by Gasteiger charge is 2.40. The van der Waals surface area contributed by atoms with E-state index in [1.165, 1.54) is 0 Å². The van der Waals surface area contributed by atoms with Crippen LogP contribution >= 0.6 is 0 Å². The third-order valence-corrected chi connectivity index (χ3v) is 4.99. The van der Waals surface area contributed by atoms with E-state index in [0.29, 0.717) is 11.0 Å². The molecule has 21 heavy (non-hydrogen) atoms. The molecule has 0 unspecified atom stereocenters. The minimum atomic E-state index is -0.846. The summed E-state index contributed by atoms with van der Waals surface area (Å²) in [5, 5.41) is 11.6. The molecule has 1 saturated heterocycles. The Morgan fingerprint density at radius 3 is 2.24 bits per heavy atom. The molecule has 0 aromatic heterocycles. The Morgan fingerprint density at radius 1 is 1.14 bits per heavy atom. The van der Waals surface area contributed by atoms with Crippen molar-refractivity contribution in [1.82, 2.24) is 0 Å². The quantitative estimate of drug-likeness (QED) is 0.915. The summed E-state index contributed by atoms with van der Waals surface area (Å²) < 4.78 is 0. The minimum Gasteiger partial charge on any atom is -0.478 e. The molecule has 2 aromatic rings. The molecule has 1 fully saturated rings. The van der Waals surface area contributed by atoms with Crippen LogP contribution in [0.3, 0.4) is 0 Å². The Bertz CT molecular complexity index is 681. The first-order valence-corrected chi connectivity index (χ1v) is 7.59. The van der Waals surface area contributed by atoms with Gasteiger partial charge in [-0.25, -0.2) is 4.79 Å². The number of fused-ring (bicyclic) bond motifs is 1. The van der Waals surface area contributed by atoms with Crippen molar-refractivity contribution in [2.45, 2.75) is 26.7 Å². The van der Waals surface area contributed by atoms with E-state index >= 15 is 0 Å². The van der Waals surface area contributed by atoms with Gasteiger partial charge >= 0.3 is 5.97 Å². The van der Waals surface area contributed by atoms with Gasteiger partial charge in [0.2, 0.25) is 0 Å². The maximum absolute atomic E-state index is 11.6. The van der Waals surface area contributed by atoms with Crippen LogP contribution in [0.2, 0.25) is 0 Å². The van der Waals surface area contributed by atoms with Crippen LogP contribution in [0, 0.1) is 5.41 Å². The molecular weight excluding hydrogens is 262 g/mol. The zero-order valence-electron chi connectivity index (χ0n) is 12.6. The molecule has 0 saturated carbocycles. The van der Waals surface area contributed by atoms with Crippen molar-refractivity contribution in [3.8, 4) is 0 Å². The summed E-state index contributed by atoms with van der Waals surface area (Å²) in [4.78, 5) is 13.8. The van der Waals surface area contributed by atoms with Crippen LogP contribution < -0.4 is 4.90 Å². The molecule has 0 amide bonds. The van der Waals surface area contributed by atoms with Gasteiger partial charge in [-0.1, -0.05) is 38.1 Å². The highest BCUT2D eigenvalue weighted by atomic mass is 16.4. The second-order valence-electron chi connectivity index (χ2n) is 6.08. The molecule has 0 bridgehead atoms. The fourth-order valence-corrected chi connectivity index (χ4v) is 3.29. The third-order valence-electron chi connectivity index (χ3n) is 4.99. The monoisotopic (exact) mass is 283 g/mol. The van der Waals surface area contributed by atoms with Gasteiger partial charge in [-0.15, -0.1) is 0 Å². The van der Waals surface area contributed by atoms with E-state index in [2.05, 4.69) is 18.7 Å². The van der Waals surface area contributed by atoms with Crippen molar-refractivity contribution in [1.29, 1.82) is 0 Å². The molecule has 1 N–H and O–H groups in total. The Morgan fingerprint density at radius 2 is 1.71 bits per heavy atom. The average molecular weight is 283 g/mol. The zero-order valence-corrected chi connectivity index (χ0v) is 12.6. The molecule has 1 aliphatic heterocycles. The molecule has 2 aromatic carbocycles. The van der Waals surface area contributed by atoms with E-state index in [-0.39, 0.29) is 0 Å². The molecule has 0 aliphatic carbocycles. The maximum Gasteiger partial charge on any atom is 0.337 e. The number of nitrogens with zero attached hydrogens (tertiary/aromatic N) is 1. The van der Waals surface area contributed by atoms with Crippen LogP contribution in [0.25, 0.3) is 10.8 Å². The summed E-state index contributed by atoms with van der Waals surface area (Å²) >= 11 is 0. The van der Waals surface area contributed by atoms with Crippen molar-refractivity contribution >= 4 is 22.4 Å². The molecule has 0 radical (unpaired) electrons. The minimum absolute atomic E-state index is 0.363. The van der Waals surface area contributed by atoms with E-state index in [4.69, 9.17) is 0 Å². The van der Waals surface area contributed by atoms with E-state index in [1.54, 1.807) is 6.07 Å². The normalized spacial score (nSPS) is 16.8. The molecule has 0 atom stereocenters. The second-order valence-corrected chi connectivity index (χ2v) is 6.08. The predicted molar refractivity (Wildman–Crippen MR) is 86.1 cm³/mol. The van der Waals surface area contributed by atoms with Gasteiger partial charge in [-0.3, -0.25) is 0 Å². The number of carbonyl (C=O) groups is 1. The first kappa shape index (κ1) is 13.9. The highest BCUT2D eigenvalue weighted by Crippen LogP contribution is 2.41. The summed E-state index contributed by atoms with van der Waals surface area (Å²) in [6.45, 7) is 6.36. The summed E-state index contributed by atoms with van der Waals surface area (Å²) in [5.74, 6) is -0.846. The average Bonchev–Trinajstić information content (AvgIpc) is 2.46. The number of carboxylic acids is 1. The first-order valence-electron chi connectivity index (χ1n) is 7.59. The second kappa shape index (κ2) is 5.06. The predicted octanol–water partition coefficient (Wildman–Crippen LogP) is 4.16. The Labute approximate surface area is 125 Å². The van der Waals surface area contributed by atoms with Gasteiger partial charge in [-0.2, -0.15) is 0 Å². The first-order chi connectivity index (χ1) is 10.1. The third kappa shape index (κ3) is 2.27. The number of hydrogen-bond acceptors (Lipinski definition) is 2. The van der Waals surface area contributed by atoms with Crippen LogP contribution in [0.1, 0.15) is 37.0 Å². The van der Waals surface area contributed by atoms with Crippen LogP contribution in [0.4, 0.5) is 5.69 Å². The van der Waals surface area contributed by atoms with Crippen LogP contribution in [-0.2, 0) is 0 Å². The summed E-state index contributed by atoms with van der Waals surface area (Å²) in [6.07, 6.45) is 2.30. The number of carboxylic acid groups (broad SMARTS) is 1. The number of anilines is 1. The fourth-order valence-electron chi connectivity index (χ4n) is 3.29. The smallest absolute Gasteiger partial charge is 0.337 e. The van der Waals surface area contributed by atoms with E-state index in [9.17, 15) is 9.90 Å². The van der Waals surface area contributed by atoms with Crippen LogP contribution in [0.5, 0.6) is 0 Å². The van der Waals surface area contributed by atoms with E-state index in [0.717, 1.165) is 42.4 Å². The van der Waals surface area contributed by atoms with Gasteiger partial charge in [0.05, 0.1) is 11.3 Å². The van der Waals surface area contributed by atoms with Gasteiger partial charge in [0.15, 0.2) is 0 Å². The Balaban J connectivity index is 2.02. The van der Waals surface area contributed by atoms with Crippen molar-refractivity contribution in [2.75, 3.05) is 18.0 Å². The maximum atomic E-state index is 11.6. The molecule has 3 nitrogen and oxygen atoms in total. The van der Waals surface area contributed by atoms with Crippen molar-refractivity contribution in [2.24, 2.45) is 5.41 Å². The number of aromatic carboxylic acids is 1. The van der Waals surface area contributed by atoms with Gasteiger partial charge in [0.1, 0.15) is 0 Å². The lowest BCUT2D eigenvalue weighted by atomic mass is 9.74. The lowest BCUT2D eigenvalue weighted by molar-refractivity contribution is 0.0696. The lowest BCUT2D eigenvalue weighted by Gasteiger charge is -2.51. The molecule has 1 aliphatic rings. The molecule has 0 spiro atoms. The topological polar surface area (TPSA) is 40.5 Å². The molecule has 3 heteroatoms. The molecule has 110 valence electrons. The van der Waals surface area contributed by atoms with Gasteiger partial charge in [-0.05, 0) is 35.7 Å². The van der Waals surface area contributed by atoms with Gasteiger partial charge < -0.3 is 10.0 Å². The summed E-state index contributed by atoms with van der Waals surface area (Å²) in [6, 6.07) is 11.8. The van der Waals surface area contributed by atoms with Crippen LogP contribution in [-0.4, -0.2) is 24.2 Å². The van der Waals surface area contributed by atoms with Crippen molar-refractivity contribution in [3.05, 3.63) is 42.0 Å². The van der Waals surface area contributed by atoms with E-state index < -0.39 is 5.97 Å².